The van der Waals surface area contributed by atoms with Gasteiger partial charge >= 0.3 is 0 Å². The number of methoxy groups -OCH3 is 1. The Morgan fingerprint density at radius 2 is 1.94 bits per heavy atom. The fourth-order valence-corrected chi connectivity index (χ4v) is 3.67. The van der Waals surface area contributed by atoms with Crippen LogP contribution in [0.1, 0.15) is 11.1 Å². The van der Waals surface area contributed by atoms with E-state index in [1.54, 1.807) is 30.1 Å². The molecule has 0 saturated carbocycles. The number of hydrogen-bond acceptors (Lipinski definition) is 7. The maximum atomic E-state index is 14.8. The molecule has 0 bridgehead atoms. The number of halogens is 2. The van der Waals surface area contributed by atoms with E-state index >= 15 is 0 Å². The van der Waals surface area contributed by atoms with E-state index in [2.05, 4.69) is 27.0 Å². The molecule has 182 valence electrons. The highest BCUT2D eigenvalue weighted by Crippen LogP contribution is 2.38. The highest BCUT2D eigenvalue weighted by atomic mass is 19.1. The van der Waals surface area contributed by atoms with Gasteiger partial charge < -0.3 is 14.6 Å². The molecule has 0 fully saturated rings. The molecule has 0 saturated heterocycles. The second-order valence-electron chi connectivity index (χ2n) is 7.78. The van der Waals surface area contributed by atoms with Gasteiger partial charge in [-0.1, -0.05) is 36.1 Å². The van der Waals surface area contributed by atoms with Gasteiger partial charge in [-0.15, -0.1) is 5.10 Å². The number of rotatable bonds is 11. The molecule has 4 rings (SSSR count). The summed E-state index contributed by atoms with van der Waals surface area (Å²) in [5.41, 5.74) is 0.233. The third kappa shape index (κ3) is 5.32. The molecule has 0 spiro atoms. The molecular weight excluding hydrogens is 458 g/mol. The Morgan fingerprint density at radius 3 is 2.63 bits per heavy atom. The molecular formula is C24H24F2N6O3. The van der Waals surface area contributed by atoms with E-state index in [0.29, 0.717) is 18.8 Å². The van der Waals surface area contributed by atoms with E-state index < -0.39 is 17.2 Å². The van der Waals surface area contributed by atoms with Gasteiger partial charge in [0.1, 0.15) is 36.6 Å². The van der Waals surface area contributed by atoms with Crippen molar-refractivity contribution in [1.82, 2.24) is 29.8 Å². The van der Waals surface area contributed by atoms with Crippen LogP contribution in [0.3, 0.4) is 0 Å². The van der Waals surface area contributed by atoms with Gasteiger partial charge in [0.2, 0.25) is 0 Å². The van der Waals surface area contributed by atoms with Crippen molar-refractivity contribution in [3.63, 3.8) is 0 Å². The van der Waals surface area contributed by atoms with Crippen molar-refractivity contribution in [2.45, 2.75) is 18.9 Å². The molecule has 2 heterocycles. The number of hydrogen-bond donors (Lipinski definition) is 1. The number of aliphatic hydroxyl groups is 1. The fraction of sp³-hybridized carbons (Fsp3) is 0.250. The predicted molar refractivity (Wildman–Crippen MR) is 123 cm³/mol. The summed E-state index contributed by atoms with van der Waals surface area (Å²) in [6, 6.07) is 10.1. The molecule has 0 aliphatic carbocycles. The van der Waals surface area contributed by atoms with Gasteiger partial charge in [-0.2, -0.15) is 5.10 Å². The average Bonchev–Trinajstić information content (AvgIpc) is 3.53. The first-order valence-electron chi connectivity index (χ1n) is 10.7. The lowest BCUT2D eigenvalue weighted by atomic mass is 9.82. The van der Waals surface area contributed by atoms with Crippen LogP contribution < -0.4 is 0 Å². The Kier molecular flexibility index (Phi) is 7.39. The van der Waals surface area contributed by atoms with Crippen LogP contribution in [0, 0.1) is 11.6 Å². The van der Waals surface area contributed by atoms with Gasteiger partial charge in [0.05, 0.1) is 31.6 Å². The molecule has 9 nitrogen and oxygen atoms in total. The summed E-state index contributed by atoms with van der Waals surface area (Å²) in [6.07, 6.45) is 4.30. The van der Waals surface area contributed by atoms with Crippen LogP contribution in [-0.2, 0) is 28.4 Å². The van der Waals surface area contributed by atoms with Crippen LogP contribution >= 0.6 is 0 Å². The minimum Gasteiger partial charge on any atom is -0.382 e. The highest BCUT2D eigenvalue weighted by molar-refractivity contribution is 5.74. The molecule has 0 amide bonds. The predicted octanol–water partition coefficient (Wildman–Crippen LogP) is 3.04. The second kappa shape index (κ2) is 10.6. The largest absolute Gasteiger partial charge is 0.382 e. The van der Waals surface area contributed by atoms with Gasteiger partial charge in [0, 0.05) is 24.3 Å². The third-order valence-electron chi connectivity index (χ3n) is 5.53. The lowest BCUT2D eigenvalue weighted by Gasteiger charge is -2.31. The first-order valence-corrected chi connectivity index (χ1v) is 10.7. The molecule has 0 aliphatic heterocycles. The molecule has 11 heteroatoms. The van der Waals surface area contributed by atoms with Crippen LogP contribution in [0.4, 0.5) is 8.78 Å². The Labute approximate surface area is 200 Å². The lowest BCUT2D eigenvalue weighted by molar-refractivity contribution is 0.0288. The fourth-order valence-electron chi connectivity index (χ4n) is 3.67. The summed E-state index contributed by atoms with van der Waals surface area (Å²) < 4.78 is 41.8. The minimum atomic E-state index is -1.93. The van der Waals surface area contributed by atoms with Crippen molar-refractivity contribution in [1.29, 1.82) is 0 Å². The van der Waals surface area contributed by atoms with Crippen molar-refractivity contribution in [2.24, 2.45) is 0 Å². The number of nitrogens with zero attached hydrogens (tertiary/aromatic N) is 6. The molecule has 35 heavy (non-hydrogen) atoms. The maximum absolute atomic E-state index is 14.8. The summed E-state index contributed by atoms with van der Waals surface area (Å²) in [7, 11) is 1.59. The molecule has 2 aromatic carbocycles. The first-order chi connectivity index (χ1) is 16.9. The molecule has 0 radical (unpaired) electrons. The maximum Gasteiger partial charge on any atom is 0.141 e. The van der Waals surface area contributed by atoms with E-state index in [4.69, 9.17) is 9.47 Å². The second-order valence-corrected chi connectivity index (χ2v) is 7.78. The zero-order valence-electron chi connectivity index (χ0n) is 19.0. The summed E-state index contributed by atoms with van der Waals surface area (Å²) in [5, 5.41) is 23.7. The van der Waals surface area contributed by atoms with E-state index in [1.165, 1.54) is 23.4 Å². The normalized spacial score (nSPS) is 13.0. The zero-order chi connectivity index (χ0) is 24.8. The van der Waals surface area contributed by atoms with Gasteiger partial charge in [-0.3, -0.25) is 0 Å². The van der Waals surface area contributed by atoms with Gasteiger partial charge in [0.15, 0.2) is 0 Å². The third-order valence-corrected chi connectivity index (χ3v) is 5.53. The van der Waals surface area contributed by atoms with Crippen LogP contribution in [0.25, 0.3) is 16.8 Å². The molecule has 1 atom stereocenters. The van der Waals surface area contributed by atoms with E-state index in [-0.39, 0.29) is 24.4 Å². The highest BCUT2D eigenvalue weighted by Gasteiger charge is 2.37. The standard InChI is InChI=1S/C24H24F2N6O3/c1-17(24(33,13-31-15-27-14-29-31)21-8-7-20(25)11-22(21)26)18-3-5-19(6-4-18)23-12-28-30-32(23)16-35-10-9-34-2/h3-8,11-12,14-15,33H,1,9-10,13,16H2,2H3. The molecule has 1 unspecified atom stereocenters. The topological polar surface area (TPSA) is 100 Å². The van der Waals surface area contributed by atoms with Crippen molar-refractivity contribution in [3.8, 4) is 11.3 Å². The van der Waals surface area contributed by atoms with Gasteiger partial charge in [0.25, 0.3) is 0 Å². The van der Waals surface area contributed by atoms with Gasteiger partial charge in [-0.25, -0.2) is 23.1 Å². The van der Waals surface area contributed by atoms with Crippen LogP contribution in [-0.4, -0.2) is 55.2 Å². The summed E-state index contributed by atoms with van der Waals surface area (Å²) in [6.45, 7) is 4.96. The van der Waals surface area contributed by atoms with Crippen molar-refractivity contribution in [2.75, 3.05) is 20.3 Å². The summed E-state index contributed by atoms with van der Waals surface area (Å²) in [4.78, 5) is 3.87. The van der Waals surface area contributed by atoms with Crippen LogP contribution in [0.2, 0.25) is 0 Å². The smallest absolute Gasteiger partial charge is 0.141 e. The zero-order valence-corrected chi connectivity index (χ0v) is 19.0. The van der Waals surface area contributed by atoms with Crippen molar-refractivity contribution >= 4 is 5.57 Å². The van der Waals surface area contributed by atoms with Crippen LogP contribution in [0.5, 0.6) is 0 Å². The molecule has 2 aromatic heterocycles. The molecule has 0 aliphatic rings. The number of benzene rings is 2. The quantitative estimate of drug-likeness (QED) is 0.328. The first kappa shape index (κ1) is 24.3. The van der Waals surface area contributed by atoms with Gasteiger partial charge in [-0.05, 0) is 23.3 Å². The molecule has 4 aromatic rings. The monoisotopic (exact) mass is 482 g/mol. The Bertz CT molecular complexity index is 1280. The van der Waals surface area contributed by atoms with E-state index in [1.807, 2.05) is 12.1 Å². The van der Waals surface area contributed by atoms with Crippen LogP contribution in [0.15, 0.2) is 67.9 Å². The minimum absolute atomic E-state index is 0.126. The Balaban J connectivity index is 1.62. The van der Waals surface area contributed by atoms with Crippen molar-refractivity contribution < 1.29 is 23.4 Å². The summed E-state index contributed by atoms with van der Waals surface area (Å²) >= 11 is 0. The Morgan fingerprint density at radius 1 is 1.14 bits per heavy atom. The number of aromatic nitrogens is 6. The number of ether oxygens (including phenoxy) is 2. The summed E-state index contributed by atoms with van der Waals surface area (Å²) in [5.74, 6) is -1.64. The molecule has 1 N–H and O–H groups in total. The SMILES string of the molecule is C=C(c1ccc(-c2cnnn2COCCOC)cc1)C(O)(Cn1cncn1)c1ccc(F)cc1F. The van der Waals surface area contributed by atoms with Crippen molar-refractivity contribution in [3.05, 3.63) is 90.7 Å². The van der Waals surface area contributed by atoms with E-state index in [0.717, 1.165) is 23.4 Å². The lowest BCUT2D eigenvalue weighted by Crippen LogP contribution is -2.34. The average molecular weight is 482 g/mol. The van der Waals surface area contributed by atoms with E-state index in [9.17, 15) is 13.9 Å². The Hall–Kier alpha value is -3.80.